The molecule has 0 spiro atoms. The molecule has 0 unspecified atom stereocenters. The van der Waals surface area contributed by atoms with E-state index in [1.807, 2.05) is 6.07 Å². The van der Waals surface area contributed by atoms with Crippen LogP contribution in [0, 0.1) is 0 Å². The molecule has 2 heterocycles. The van der Waals surface area contributed by atoms with Gasteiger partial charge in [0.25, 0.3) is 0 Å². The first-order chi connectivity index (χ1) is 8.20. The van der Waals surface area contributed by atoms with Crippen LogP contribution in [0.2, 0.25) is 0 Å². The number of hydrogen-bond acceptors (Lipinski definition) is 4. The molecule has 0 bridgehead atoms. The van der Waals surface area contributed by atoms with Crippen molar-refractivity contribution < 1.29 is 9.53 Å². The lowest BCUT2D eigenvalue weighted by atomic mass is 10.3. The largest absolute Gasteiger partial charge is 0.463 e. The molecule has 0 radical (unpaired) electrons. The van der Waals surface area contributed by atoms with E-state index in [-0.39, 0.29) is 5.97 Å². The van der Waals surface area contributed by atoms with Gasteiger partial charge in [-0.3, -0.25) is 4.98 Å². The maximum atomic E-state index is 11.2. The van der Waals surface area contributed by atoms with E-state index in [9.17, 15) is 4.79 Å². The van der Waals surface area contributed by atoms with E-state index in [0.29, 0.717) is 6.61 Å². The number of carbonyl (C=O) groups is 1. The second-order valence-corrected chi connectivity index (χ2v) is 5.21. The van der Waals surface area contributed by atoms with Crippen molar-refractivity contribution in [2.45, 2.75) is 6.92 Å². The Hall–Kier alpha value is -1.20. The number of ether oxygens (including phenoxy) is 1. The fourth-order valence-electron chi connectivity index (χ4n) is 1.37. The zero-order chi connectivity index (χ0) is 12.3. The summed E-state index contributed by atoms with van der Waals surface area (Å²) < 4.78 is 6.92. The van der Waals surface area contributed by atoms with Crippen LogP contribution in [0.15, 0.2) is 29.0 Å². The molecule has 2 aromatic heterocycles. The summed E-state index contributed by atoms with van der Waals surface area (Å²) in [6.07, 6.45) is 6.76. The van der Waals surface area contributed by atoms with Gasteiger partial charge in [-0.05, 0) is 35.0 Å². The van der Waals surface area contributed by atoms with Crippen LogP contribution >= 0.6 is 27.3 Å². The number of aromatic nitrogens is 1. The number of nitrogens with zero attached hydrogens (tertiary/aromatic N) is 1. The lowest BCUT2D eigenvalue weighted by Crippen LogP contribution is -1.98. The van der Waals surface area contributed by atoms with Crippen LogP contribution in [0.3, 0.4) is 0 Å². The molecule has 2 aromatic rings. The first kappa shape index (κ1) is 12.3. The average Bonchev–Trinajstić information content (AvgIpc) is 2.71. The maximum Gasteiger partial charge on any atom is 0.330 e. The van der Waals surface area contributed by atoms with Crippen LogP contribution in [0.4, 0.5) is 0 Å². The quantitative estimate of drug-likeness (QED) is 0.642. The van der Waals surface area contributed by atoms with Gasteiger partial charge < -0.3 is 4.74 Å². The Morgan fingerprint density at radius 1 is 1.59 bits per heavy atom. The topological polar surface area (TPSA) is 39.2 Å². The van der Waals surface area contributed by atoms with E-state index in [4.69, 9.17) is 4.74 Å². The zero-order valence-corrected chi connectivity index (χ0v) is 11.5. The van der Waals surface area contributed by atoms with Crippen molar-refractivity contribution in [3.8, 4) is 0 Å². The third-order valence-electron chi connectivity index (χ3n) is 2.07. The lowest BCUT2D eigenvalue weighted by molar-refractivity contribution is -0.137. The summed E-state index contributed by atoms with van der Waals surface area (Å²) in [6.45, 7) is 2.18. The average molecular weight is 312 g/mol. The van der Waals surface area contributed by atoms with Crippen LogP contribution in [-0.4, -0.2) is 17.6 Å². The summed E-state index contributed by atoms with van der Waals surface area (Å²) in [5.41, 5.74) is 0. The van der Waals surface area contributed by atoms with Gasteiger partial charge in [0.2, 0.25) is 0 Å². The zero-order valence-electron chi connectivity index (χ0n) is 9.14. The number of esters is 1. The van der Waals surface area contributed by atoms with Gasteiger partial charge in [0.15, 0.2) is 0 Å². The highest BCUT2D eigenvalue weighted by molar-refractivity contribution is 9.10. The Labute approximate surface area is 111 Å². The molecule has 0 amide bonds. The van der Waals surface area contributed by atoms with Gasteiger partial charge in [-0.1, -0.05) is 0 Å². The molecule has 0 saturated carbocycles. The fraction of sp³-hybridized carbons (Fsp3) is 0.167. The van der Waals surface area contributed by atoms with Gasteiger partial charge >= 0.3 is 5.97 Å². The molecular weight excluding hydrogens is 302 g/mol. The summed E-state index contributed by atoms with van der Waals surface area (Å²) in [4.78, 5) is 16.3. The van der Waals surface area contributed by atoms with E-state index in [0.717, 1.165) is 19.4 Å². The van der Waals surface area contributed by atoms with Crippen molar-refractivity contribution in [1.82, 2.24) is 4.98 Å². The van der Waals surface area contributed by atoms with Gasteiger partial charge in [0.1, 0.15) is 0 Å². The van der Waals surface area contributed by atoms with E-state index in [2.05, 4.69) is 20.9 Å². The number of halogens is 1. The Morgan fingerprint density at radius 3 is 3.12 bits per heavy atom. The summed E-state index contributed by atoms with van der Waals surface area (Å²) in [6, 6.07) is 1.99. The second kappa shape index (κ2) is 5.42. The number of carbonyl (C=O) groups excluding carboxylic acids is 1. The minimum atomic E-state index is -0.317. The van der Waals surface area contributed by atoms with Gasteiger partial charge in [-0.15, -0.1) is 11.3 Å². The molecule has 0 saturated heterocycles. The molecule has 0 aliphatic rings. The van der Waals surface area contributed by atoms with Crippen LogP contribution in [-0.2, 0) is 9.53 Å². The van der Waals surface area contributed by atoms with Crippen molar-refractivity contribution in [1.29, 1.82) is 0 Å². The summed E-state index contributed by atoms with van der Waals surface area (Å²) in [5, 5.41) is 1.06. The van der Waals surface area contributed by atoms with Crippen LogP contribution < -0.4 is 0 Å². The van der Waals surface area contributed by atoms with Gasteiger partial charge in [0, 0.05) is 28.7 Å². The molecule has 0 aliphatic carbocycles. The number of pyridine rings is 1. The predicted molar refractivity (Wildman–Crippen MR) is 73.0 cm³/mol. The van der Waals surface area contributed by atoms with Crippen LogP contribution in [0.1, 0.15) is 11.8 Å². The SMILES string of the molecule is CCOC(=O)/C=C/c1cc2cncc(Br)c2s1. The highest BCUT2D eigenvalue weighted by Gasteiger charge is 2.03. The minimum Gasteiger partial charge on any atom is -0.463 e. The standard InChI is InChI=1S/C12H10BrNO2S/c1-2-16-11(15)4-3-9-5-8-6-14-7-10(13)12(8)17-9/h3-7H,2H2,1H3/b4-3+. The normalized spacial score (nSPS) is 11.2. The Bertz CT molecular complexity index is 577. The van der Waals surface area contributed by atoms with E-state index in [1.165, 1.54) is 6.08 Å². The highest BCUT2D eigenvalue weighted by atomic mass is 79.9. The second-order valence-electron chi connectivity index (χ2n) is 3.27. The molecule has 0 aromatic carbocycles. The van der Waals surface area contributed by atoms with Gasteiger partial charge in [-0.25, -0.2) is 4.79 Å². The lowest BCUT2D eigenvalue weighted by Gasteiger charge is -1.93. The first-order valence-electron chi connectivity index (χ1n) is 5.08. The number of fused-ring (bicyclic) bond motifs is 1. The molecule has 0 fully saturated rings. The molecule has 88 valence electrons. The third kappa shape index (κ3) is 2.92. The predicted octanol–water partition coefficient (Wildman–Crippen LogP) is 3.64. The number of thiophene rings is 1. The monoisotopic (exact) mass is 311 g/mol. The minimum absolute atomic E-state index is 0.317. The van der Waals surface area contributed by atoms with Crippen molar-refractivity contribution in [3.63, 3.8) is 0 Å². The molecule has 0 N–H and O–H groups in total. The number of rotatable bonds is 3. The maximum absolute atomic E-state index is 11.2. The van der Waals surface area contributed by atoms with Gasteiger partial charge in [0.05, 0.1) is 15.8 Å². The van der Waals surface area contributed by atoms with Crippen LogP contribution in [0.5, 0.6) is 0 Å². The molecule has 3 nitrogen and oxygen atoms in total. The van der Waals surface area contributed by atoms with Crippen molar-refractivity contribution in [3.05, 3.63) is 33.9 Å². The smallest absolute Gasteiger partial charge is 0.330 e. The molecule has 0 aliphatic heterocycles. The summed E-state index contributed by atoms with van der Waals surface area (Å²) in [7, 11) is 0. The molecular formula is C12H10BrNO2S. The molecule has 0 atom stereocenters. The summed E-state index contributed by atoms with van der Waals surface area (Å²) >= 11 is 5.05. The van der Waals surface area contributed by atoms with Crippen LogP contribution in [0.25, 0.3) is 16.2 Å². The van der Waals surface area contributed by atoms with E-state index >= 15 is 0 Å². The first-order valence-corrected chi connectivity index (χ1v) is 6.69. The Kier molecular flexibility index (Phi) is 3.91. The van der Waals surface area contributed by atoms with Crippen molar-refractivity contribution in [2.75, 3.05) is 6.61 Å². The Morgan fingerprint density at radius 2 is 2.41 bits per heavy atom. The fourth-order valence-corrected chi connectivity index (χ4v) is 2.90. The Balaban J connectivity index is 2.25. The van der Waals surface area contributed by atoms with E-state index < -0.39 is 0 Å². The highest BCUT2D eigenvalue weighted by Crippen LogP contribution is 2.31. The van der Waals surface area contributed by atoms with Gasteiger partial charge in [-0.2, -0.15) is 0 Å². The third-order valence-corrected chi connectivity index (χ3v) is 4.08. The summed E-state index contributed by atoms with van der Waals surface area (Å²) in [5.74, 6) is -0.317. The molecule has 2 rings (SSSR count). The van der Waals surface area contributed by atoms with Crippen molar-refractivity contribution in [2.24, 2.45) is 0 Å². The molecule has 17 heavy (non-hydrogen) atoms. The molecule has 5 heteroatoms. The van der Waals surface area contributed by atoms with Crippen molar-refractivity contribution >= 4 is 49.4 Å². The number of hydrogen-bond donors (Lipinski definition) is 0. The van der Waals surface area contributed by atoms with E-state index in [1.54, 1.807) is 36.7 Å².